The molecule has 1 fully saturated rings. The highest BCUT2D eigenvalue weighted by Crippen LogP contribution is 2.30. The van der Waals surface area contributed by atoms with Gasteiger partial charge in [-0.2, -0.15) is 0 Å². The molecule has 1 heterocycles. The lowest BCUT2D eigenvalue weighted by Gasteiger charge is -2.26. The van der Waals surface area contributed by atoms with Gasteiger partial charge in [0.25, 0.3) is 0 Å². The number of carbonyl (C=O) groups is 2. The van der Waals surface area contributed by atoms with E-state index in [4.69, 9.17) is 9.47 Å². The second-order valence-corrected chi connectivity index (χ2v) is 10.4. The molecule has 0 saturated carbocycles. The second-order valence-electron chi connectivity index (χ2n) is 9.52. The molecule has 1 N–H and O–H groups in total. The first-order valence-electron chi connectivity index (χ1n) is 10.5. The summed E-state index contributed by atoms with van der Waals surface area (Å²) in [6.45, 7) is 12.4. The lowest BCUT2D eigenvalue weighted by Crippen LogP contribution is -2.47. The largest absolute Gasteiger partial charge is 0.458 e. The highest BCUT2D eigenvalue weighted by atomic mass is 79.9. The van der Waals surface area contributed by atoms with Gasteiger partial charge in [0, 0.05) is 24.0 Å². The van der Waals surface area contributed by atoms with Crippen molar-refractivity contribution in [2.45, 2.75) is 78.0 Å². The molecule has 0 spiro atoms. The van der Waals surface area contributed by atoms with Gasteiger partial charge in [-0.25, -0.2) is 9.59 Å². The van der Waals surface area contributed by atoms with Crippen LogP contribution in [-0.2, 0) is 20.7 Å². The first-order valence-corrected chi connectivity index (χ1v) is 11.3. The van der Waals surface area contributed by atoms with Crippen molar-refractivity contribution in [1.29, 1.82) is 0 Å². The summed E-state index contributed by atoms with van der Waals surface area (Å²) in [6, 6.07) is 4.60. The van der Waals surface area contributed by atoms with Gasteiger partial charge in [0.1, 0.15) is 17.2 Å². The Bertz CT molecular complexity index is 809. The second kappa shape index (κ2) is 10.4. The number of halogens is 1. The number of alkyl carbamates (subject to hydrolysis) is 1. The number of carbonyl (C=O) groups excluding carboxylic acids is 2. The third-order valence-electron chi connectivity index (χ3n) is 4.25. The zero-order valence-corrected chi connectivity index (χ0v) is 20.8. The average Bonchev–Trinajstić information content (AvgIpc) is 3.11. The monoisotopic (exact) mass is 496 g/mol. The van der Waals surface area contributed by atoms with Gasteiger partial charge >= 0.3 is 12.1 Å². The van der Waals surface area contributed by atoms with E-state index in [0.717, 1.165) is 36.0 Å². The number of hydrogen-bond donors (Lipinski definition) is 1. The molecule has 1 aromatic rings. The van der Waals surface area contributed by atoms with Gasteiger partial charge in [-0.15, -0.1) is 5.11 Å². The number of benzene rings is 1. The van der Waals surface area contributed by atoms with E-state index in [-0.39, 0.29) is 6.42 Å². The van der Waals surface area contributed by atoms with Crippen LogP contribution in [-0.4, -0.2) is 47.4 Å². The molecule has 1 unspecified atom stereocenters. The molecule has 8 nitrogen and oxygen atoms in total. The maximum absolute atomic E-state index is 12.9. The van der Waals surface area contributed by atoms with Gasteiger partial charge in [-0.05, 0) is 72.1 Å². The molecule has 1 aliphatic heterocycles. The van der Waals surface area contributed by atoms with Crippen LogP contribution in [0.25, 0.3) is 0 Å². The third kappa shape index (κ3) is 8.85. The van der Waals surface area contributed by atoms with Crippen LogP contribution in [0, 0.1) is 0 Å². The van der Waals surface area contributed by atoms with Gasteiger partial charge in [-0.3, -0.25) is 5.01 Å². The molecule has 31 heavy (non-hydrogen) atoms. The number of nitrogens with one attached hydrogen (secondary N) is 1. The first-order chi connectivity index (χ1) is 14.3. The van der Waals surface area contributed by atoms with Crippen LogP contribution in [0.15, 0.2) is 33.0 Å². The van der Waals surface area contributed by atoms with Gasteiger partial charge < -0.3 is 14.8 Å². The Morgan fingerprint density at radius 3 is 2.29 bits per heavy atom. The molecule has 172 valence electrons. The van der Waals surface area contributed by atoms with Crippen LogP contribution < -0.4 is 5.32 Å². The number of hydrogen-bond acceptors (Lipinski definition) is 6. The highest BCUT2D eigenvalue weighted by molar-refractivity contribution is 9.10. The number of esters is 1. The summed E-state index contributed by atoms with van der Waals surface area (Å²) >= 11 is 3.54. The molecule has 9 heteroatoms. The van der Waals surface area contributed by atoms with Crippen molar-refractivity contribution in [3.05, 3.63) is 28.2 Å². The van der Waals surface area contributed by atoms with E-state index in [1.807, 2.05) is 23.2 Å². The lowest BCUT2D eigenvalue weighted by atomic mass is 10.0. The SMILES string of the molecule is CC(C)(C)OC(=O)NC(Cc1c(Br)cccc1N=NN1CCCC1)C(=O)OC(C)(C)C. The van der Waals surface area contributed by atoms with E-state index >= 15 is 0 Å². The van der Waals surface area contributed by atoms with Crippen LogP contribution in [0.1, 0.15) is 59.9 Å². The summed E-state index contributed by atoms with van der Waals surface area (Å²) in [5.74, 6) is -0.545. The topological polar surface area (TPSA) is 92.6 Å². The summed E-state index contributed by atoms with van der Waals surface area (Å²) in [4.78, 5) is 25.3. The molecule has 1 saturated heterocycles. The maximum Gasteiger partial charge on any atom is 0.408 e. The van der Waals surface area contributed by atoms with E-state index in [1.165, 1.54) is 0 Å². The van der Waals surface area contributed by atoms with E-state index < -0.39 is 29.3 Å². The summed E-state index contributed by atoms with van der Waals surface area (Å²) in [7, 11) is 0. The van der Waals surface area contributed by atoms with Gasteiger partial charge in [0.2, 0.25) is 0 Å². The van der Waals surface area contributed by atoms with Crippen molar-refractivity contribution in [3.63, 3.8) is 0 Å². The Morgan fingerprint density at radius 1 is 1.10 bits per heavy atom. The zero-order valence-electron chi connectivity index (χ0n) is 19.2. The van der Waals surface area contributed by atoms with Crippen LogP contribution in [0.5, 0.6) is 0 Å². The smallest absolute Gasteiger partial charge is 0.408 e. The summed E-state index contributed by atoms with van der Waals surface area (Å²) in [6.07, 6.45) is 1.69. The zero-order chi connectivity index (χ0) is 23.2. The molecule has 0 radical (unpaired) electrons. The van der Waals surface area contributed by atoms with Crippen molar-refractivity contribution in [2.24, 2.45) is 10.3 Å². The van der Waals surface area contributed by atoms with Gasteiger partial charge in [0.15, 0.2) is 0 Å². The fourth-order valence-corrected chi connectivity index (χ4v) is 3.48. The number of nitrogens with zero attached hydrogens (tertiary/aromatic N) is 3. The van der Waals surface area contributed by atoms with Crippen molar-refractivity contribution < 1.29 is 19.1 Å². The predicted octanol–water partition coefficient (Wildman–Crippen LogP) is 5.32. The van der Waals surface area contributed by atoms with Crippen molar-refractivity contribution in [3.8, 4) is 0 Å². The normalized spacial score (nSPS) is 15.8. The van der Waals surface area contributed by atoms with Gasteiger partial charge in [-0.1, -0.05) is 27.2 Å². The van der Waals surface area contributed by atoms with Gasteiger partial charge in [0.05, 0.1) is 5.69 Å². The van der Waals surface area contributed by atoms with E-state index in [2.05, 4.69) is 31.6 Å². The minimum atomic E-state index is -0.950. The van der Waals surface area contributed by atoms with Crippen LogP contribution in [0.4, 0.5) is 10.5 Å². The highest BCUT2D eigenvalue weighted by Gasteiger charge is 2.30. The molecular formula is C22H33BrN4O4. The van der Waals surface area contributed by atoms with Crippen molar-refractivity contribution in [2.75, 3.05) is 13.1 Å². The molecule has 1 aromatic carbocycles. The summed E-state index contributed by atoms with van der Waals surface area (Å²) in [5.41, 5.74) is -0.0134. The standard InChI is InChI=1S/C22H33BrN4O4/c1-21(2,3)30-19(28)18(24-20(29)31-22(4,5)6)14-15-16(23)10-9-11-17(15)25-26-27-12-7-8-13-27/h9-11,18H,7-8,12-14H2,1-6H3,(H,24,29). The van der Waals surface area contributed by atoms with Crippen LogP contribution >= 0.6 is 15.9 Å². The Hall–Kier alpha value is -2.16. The quantitative estimate of drug-likeness (QED) is 0.424. The van der Waals surface area contributed by atoms with E-state index in [0.29, 0.717) is 5.69 Å². The van der Waals surface area contributed by atoms with E-state index in [1.54, 1.807) is 41.5 Å². The Labute approximate surface area is 192 Å². The molecule has 1 aliphatic rings. The third-order valence-corrected chi connectivity index (χ3v) is 4.99. The number of ether oxygens (including phenoxy) is 2. The fraction of sp³-hybridized carbons (Fsp3) is 0.636. The fourth-order valence-electron chi connectivity index (χ4n) is 2.96. The van der Waals surface area contributed by atoms with Crippen molar-refractivity contribution in [1.82, 2.24) is 10.3 Å². The molecular weight excluding hydrogens is 464 g/mol. The minimum absolute atomic E-state index is 0.171. The number of rotatable bonds is 6. The van der Waals surface area contributed by atoms with Crippen molar-refractivity contribution >= 4 is 33.7 Å². The average molecular weight is 497 g/mol. The predicted molar refractivity (Wildman–Crippen MR) is 122 cm³/mol. The Morgan fingerprint density at radius 2 is 1.71 bits per heavy atom. The maximum atomic E-state index is 12.9. The molecule has 0 bridgehead atoms. The Balaban J connectivity index is 2.27. The summed E-state index contributed by atoms with van der Waals surface area (Å²) in [5, 5.41) is 13.3. The molecule has 0 aliphatic carbocycles. The Kier molecular flexibility index (Phi) is 8.45. The molecule has 0 aromatic heterocycles. The molecule has 2 rings (SSSR count). The van der Waals surface area contributed by atoms with Crippen LogP contribution in [0.2, 0.25) is 0 Å². The lowest BCUT2D eigenvalue weighted by molar-refractivity contribution is -0.157. The molecule has 1 atom stereocenters. The molecule has 1 amide bonds. The first kappa shape index (κ1) is 25.1. The van der Waals surface area contributed by atoms with Crippen LogP contribution in [0.3, 0.4) is 0 Å². The summed E-state index contributed by atoms with van der Waals surface area (Å²) < 4.78 is 11.6. The number of amides is 1. The minimum Gasteiger partial charge on any atom is -0.458 e. The van der Waals surface area contributed by atoms with E-state index in [9.17, 15) is 9.59 Å².